The third kappa shape index (κ3) is 5.41. The van der Waals surface area contributed by atoms with Gasteiger partial charge in [0.1, 0.15) is 6.54 Å². The Morgan fingerprint density at radius 2 is 1.94 bits per heavy atom. The first-order chi connectivity index (χ1) is 16.7. The smallest absolute Gasteiger partial charge is 0.270 e. The highest BCUT2D eigenvalue weighted by molar-refractivity contribution is 7.13. The number of morpholine rings is 1. The molecule has 0 radical (unpaired) electrons. The molecule has 1 aliphatic heterocycles. The molecule has 4 aromatic rings. The molecule has 10 heteroatoms. The summed E-state index contributed by atoms with van der Waals surface area (Å²) >= 11 is 1.71. The maximum absolute atomic E-state index is 14.1. The standard InChI is InChI=1S/C24H22FN7OS/c25-21-16-27-24(30-23(21)32-8-10-33-11-9-32)31-28-15-19-6-7-20(14-26-19)29-18-4-1-3-17(13-18)22-5-2-12-34-22/h1-7,12-14,16,29H,8-11,15H2. The lowest BCUT2D eigenvalue weighted by Gasteiger charge is -2.27. The summed E-state index contributed by atoms with van der Waals surface area (Å²) in [6.07, 6.45) is 2.88. The predicted molar refractivity (Wildman–Crippen MR) is 131 cm³/mol. The number of benzene rings is 1. The Balaban J connectivity index is 1.20. The molecule has 0 aliphatic carbocycles. The van der Waals surface area contributed by atoms with Gasteiger partial charge in [0.15, 0.2) is 11.6 Å². The molecule has 0 spiro atoms. The molecule has 0 atom stereocenters. The molecule has 1 saturated heterocycles. The van der Waals surface area contributed by atoms with Gasteiger partial charge in [0.2, 0.25) is 0 Å². The van der Waals surface area contributed by atoms with Crippen molar-refractivity contribution >= 4 is 34.5 Å². The van der Waals surface area contributed by atoms with Crippen LogP contribution in [0.3, 0.4) is 0 Å². The van der Waals surface area contributed by atoms with Crippen molar-refractivity contribution in [3.63, 3.8) is 0 Å². The van der Waals surface area contributed by atoms with Gasteiger partial charge in [0.05, 0.1) is 37.0 Å². The lowest BCUT2D eigenvalue weighted by molar-refractivity contribution is 0.122. The van der Waals surface area contributed by atoms with Crippen LogP contribution in [0.1, 0.15) is 5.69 Å². The highest BCUT2D eigenvalue weighted by Gasteiger charge is 2.17. The van der Waals surface area contributed by atoms with E-state index in [2.05, 4.69) is 54.1 Å². The minimum absolute atomic E-state index is 0.117. The van der Waals surface area contributed by atoms with Crippen molar-refractivity contribution in [1.29, 1.82) is 0 Å². The number of azo groups is 1. The maximum Gasteiger partial charge on any atom is 0.270 e. The summed E-state index contributed by atoms with van der Waals surface area (Å²) in [4.78, 5) is 15.6. The largest absolute Gasteiger partial charge is 0.378 e. The Morgan fingerprint density at radius 1 is 1.03 bits per heavy atom. The number of pyridine rings is 1. The van der Waals surface area contributed by atoms with Crippen LogP contribution in [0.5, 0.6) is 0 Å². The van der Waals surface area contributed by atoms with Gasteiger partial charge < -0.3 is 15.0 Å². The van der Waals surface area contributed by atoms with Gasteiger partial charge in [-0.15, -0.1) is 16.5 Å². The third-order valence-electron chi connectivity index (χ3n) is 5.20. The number of hydrogen-bond acceptors (Lipinski definition) is 9. The van der Waals surface area contributed by atoms with E-state index < -0.39 is 5.82 Å². The number of thiophene rings is 1. The van der Waals surface area contributed by atoms with Crippen molar-refractivity contribution in [3.8, 4) is 10.4 Å². The fourth-order valence-corrected chi connectivity index (χ4v) is 4.24. The molecule has 0 amide bonds. The van der Waals surface area contributed by atoms with Gasteiger partial charge in [0, 0.05) is 23.7 Å². The van der Waals surface area contributed by atoms with Gasteiger partial charge in [0.25, 0.3) is 5.95 Å². The van der Waals surface area contributed by atoms with E-state index in [1.165, 1.54) is 10.4 Å². The van der Waals surface area contributed by atoms with E-state index >= 15 is 0 Å². The second kappa shape index (κ2) is 10.4. The van der Waals surface area contributed by atoms with Crippen LogP contribution in [0.4, 0.5) is 27.5 Å². The molecule has 172 valence electrons. The first kappa shape index (κ1) is 22.1. The second-order valence-electron chi connectivity index (χ2n) is 7.56. The highest BCUT2D eigenvalue weighted by atomic mass is 32.1. The summed E-state index contributed by atoms with van der Waals surface area (Å²) in [6.45, 7) is 2.50. The number of ether oxygens (including phenoxy) is 1. The number of aromatic nitrogens is 3. The third-order valence-corrected chi connectivity index (χ3v) is 6.12. The minimum Gasteiger partial charge on any atom is -0.378 e. The van der Waals surface area contributed by atoms with Gasteiger partial charge in [-0.1, -0.05) is 18.2 Å². The Bertz CT molecular complexity index is 1260. The van der Waals surface area contributed by atoms with E-state index in [0.717, 1.165) is 23.3 Å². The Hall–Kier alpha value is -3.76. The van der Waals surface area contributed by atoms with E-state index in [-0.39, 0.29) is 18.3 Å². The molecule has 1 aromatic carbocycles. The number of nitrogens with one attached hydrogen (secondary N) is 1. The molecule has 3 aromatic heterocycles. The first-order valence-electron chi connectivity index (χ1n) is 10.8. The number of hydrogen-bond donors (Lipinski definition) is 1. The van der Waals surface area contributed by atoms with Crippen LogP contribution < -0.4 is 10.2 Å². The Labute approximate surface area is 200 Å². The lowest BCUT2D eigenvalue weighted by Crippen LogP contribution is -2.37. The first-order valence-corrected chi connectivity index (χ1v) is 11.7. The zero-order chi connectivity index (χ0) is 23.2. The molecule has 4 heterocycles. The fourth-order valence-electron chi connectivity index (χ4n) is 3.52. The summed E-state index contributed by atoms with van der Waals surface area (Å²) in [5, 5.41) is 13.6. The molecule has 8 nitrogen and oxygen atoms in total. The fraction of sp³-hybridized carbons (Fsp3) is 0.208. The molecule has 1 N–H and O–H groups in total. The van der Waals surface area contributed by atoms with E-state index in [1.807, 2.05) is 35.2 Å². The summed E-state index contributed by atoms with van der Waals surface area (Å²) in [5.74, 6) is -0.137. The topological polar surface area (TPSA) is 87.9 Å². The SMILES string of the molecule is Fc1cnc(N=NCc2ccc(Nc3cccc(-c4cccs4)c3)cn2)nc1N1CCOCC1. The zero-order valence-electron chi connectivity index (χ0n) is 18.3. The average molecular weight is 476 g/mol. The van der Waals surface area contributed by atoms with Crippen molar-refractivity contribution in [2.24, 2.45) is 10.2 Å². The molecule has 34 heavy (non-hydrogen) atoms. The minimum atomic E-state index is -0.480. The molecule has 0 saturated carbocycles. The van der Waals surface area contributed by atoms with Crippen molar-refractivity contribution in [2.75, 3.05) is 36.5 Å². The summed E-state index contributed by atoms with van der Waals surface area (Å²) in [5.41, 5.74) is 3.78. The van der Waals surface area contributed by atoms with Gasteiger partial charge in [-0.2, -0.15) is 10.1 Å². The van der Waals surface area contributed by atoms with Crippen LogP contribution >= 0.6 is 11.3 Å². The van der Waals surface area contributed by atoms with Crippen LogP contribution in [0.2, 0.25) is 0 Å². The molecular weight excluding hydrogens is 453 g/mol. The summed E-state index contributed by atoms with van der Waals surface area (Å²) in [7, 11) is 0. The van der Waals surface area contributed by atoms with E-state index in [0.29, 0.717) is 26.3 Å². The van der Waals surface area contributed by atoms with Gasteiger partial charge in [-0.05, 0) is 41.3 Å². The number of nitrogens with zero attached hydrogens (tertiary/aromatic N) is 6. The normalized spacial score (nSPS) is 14.0. The quantitative estimate of drug-likeness (QED) is 0.350. The van der Waals surface area contributed by atoms with Crippen LogP contribution in [0.15, 0.2) is 76.5 Å². The van der Waals surface area contributed by atoms with Crippen LogP contribution in [-0.2, 0) is 11.3 Å². The van der Waals surface area contributed by atoms with Gasteiger partial charge >= 0.3 is 0 Å². The van der Waals surface area contributed by atoms with E-state index in [4.69, 9.17) is 4.74 Å². The number of halogens is 1. The number of rotatable bonds is 7. The van der Waals surface area contributed by atoms with Gasteiger partial charge in [-0.3, -0.25) is 4.98 Å². The summed E-state index contributed by atoms with van der Waals surface area (Å²) < 4.78 is 19.4. The predicted octanol–water partition coefficient (Wildman–Crippen LogP) is 5.60. The van der Waals surface area contributed by atoms with Crippen LogP contribution in [0.25, 0.3) is 10.4 Å². The lowest BCUT2D eigenvalue weighted by atomic mass is 10.1. The molecule has 0 bridgehead atoms. The van der Waals surface area contributed by atoms with Crippen molar-refractivity contribution in [2.45, 2.75) is 6.54 Å². The van der Waals surface area contributed by atoms with E-state index in [9.17, 15) is 4.39 Å². The molecule has 5 rings (SSSR count). The van der Waals surface area contributed by atoms with Crippen LogP contribution in [0, 0.1) is 5.82 Å². The number of anilines is 3. The molecule has 1 aliphatic rings. The molecule has 0 unspecified atom stereocenters. The maximum atomic E-state index is 14.1. The highest BCUT2D eigenvalue weighted by Crippen LogP contribution is 2.28. The van der Waals surface area contributed by atoms with Gasteiger partial charge in [-0.25, -0.2) is 9.37 Å². The van der Waals surface area contributed by atoms with Crippen LogP contribution in [-0.4, -0.2) is 41.3 Å². The van der Waals surface area contributed by atoms with Crippen molar-refractivity contribution in [1.82, 2.24) is 15.0 Å². The monoisotopic (exact) mass is 475 g/mol. The summed E-state index contributed by atoms with van der Waals surface area (Å²) in [6, 6.07) is 16.2. The zero-order valence-corrected chi connectivity index (χ0v) is 19.1. The Kier molecular flexibility index (Phi) is 6.78. The van der Waals surface area contributed by atoms with Crippen molar-refractivity contribution in [3.05, 3.63) is 77.8 Å². The molecular formula is C24H22FN7OS. The van der Waals surface area contributed by atoms with Crippen molar-refractivity contribution < 1.29 is 9.13 Å². The molecule has 1 fully saturated rings. The van der Waals surface area contributed by atoms with E-state index in [1.54, 1.807) is 17.5 Å². The average Bonchev–Trinajstić information content (AvgIpc) is 3.42. The second-order valence-corrected chi connectivity index (χ2v) is 8.51. The Morgan fingerprint density at radius 3 is 2.74 bits per heavy atom.